The minimum Gasteiger partial charge on any atom is -0.507 e. The van der Waals surface area contributed by atoms with E-state index >= 15 is 0 Å². The van der Waals surface area contributed by atoms with Gasteiger partial charge in [0.25, 0.3) is 0 Å². The molecule has 0 atom stereocenters. The molecule has 4 rings (SSSR count). The van der Waals surface area contributed by atoms with Gasteiger partial charge in [0, 0.05) is 16.7 Å². The number of phenols is 3. The molecule has 3 nitrogen and oxygen atoms in total. The lowest BCUT2D eigenvalue weighted by molar-refractivity contribution is 0.430. The predicted octanol–water partition coefficient (Wildman–Crippen LogP) is 5.38. The van der Waals surface area contributed by atoms with E-state index in [9.17, 15) is 24.1 Å². The Hall–Kier alpha value is -3.34. The fourth-order valence-corrected chi connectivity index (χ4v) is 3.80. The number of benzene rings is 3. The summed E-state index contributed by atoms with van der Waals surface area (Å²) in [6, 6.07) is 13.5. The lowest BCUT2D eigenvalue weighted by atomic mass is 9.86. The molecule has 3 aromatic carbocycles. The van der Waals surface area contributed by atoms with E-state index in [1.165, 1.54) is 24.3 Å². The maximum Gasteiger partial charge on any atom is 0.165 e. The smallest absolute Gasteiger partial charge is 0.165 e. The molecule has 28 heavy (non-hydrogen) atoms. The Labute approximate surface area is 160 Å². The molecule has 1 aliphatic rings. The lowest BCUT2D eigenvalue weighted by Gasteiger charge is -2.19. The van der Waals surface area contributed by atoms with E-state index in [2.05, 4.69) is 0 Å². The number of fused-ring (bicyclic) bond motifs is 1. The van der Waals surface area contributed by atoms with Gasteiger partial charge in [-0.05, 0) is 60.2 Å². The normalized spacial score (nSPS) is 13.9. The Morgan fingerprint density at radius 2 is 1.50 bits per heavy atom. The van der Waals surface area contributed by atoms with Crippen molar-refractivity contribution in [2.24, 2.45) is 0 Å². The third-order valence-corrected chi connectivity index (χ3v) is 5.11. The number of rotatable bonds is 2. The standard InChI is InChI=1S/C23H18F2O3/c24-17-10-9-14(12-20(17)27)15-6-3-4-13-8-11-18(25)23(28)21(13)22(15)16-5-1-2-7-19(16)26/h1-2,5,7-12,26-28H,3-4,6H2. The van der Waals surface area contributed by atoms with Crippen LogP contribution in [0.3, 0.4) is 0 Å². The summed E-state index contributed by atoms with van der Waals surface area (Å²) in [5, 5.41) is 30.9. The van der Waals surface area contributed by atoms with Crippen molar-refractivity contribution in [1.82, 2.24) is 0 Å². The van der Waals surface area contributed by atoms with Crippen molar-refractivity contribution in [2.45, 2.75) is 19.3 Å². The lowest BCUT2D eigenvalue weighted by Crippen LogP contribution is -1.99. The quantitative estimate of drug-likeness (QED) is 0.560. The minimum atomic E-state index is -0.755. The van der Waals surface area contributed by atoms with Gasteiger partial charge in [0.1, 0.15) is 5.75 Å². The first-order valence-corrected chi connectivity index (χ1v) is 8.98. The molecule has 3 N–H and O–H groups in total. The van der Waals surface area contributed by atoms with Crippen LogP contribution in [0.15, 0.2) is 54.6 Å². The van der Waals surface area contributed by atoms with Gasteiger partial charge in [0.05, 0.1) is 0 Å². The highest BCUT2D eigenvalue weighted by molar-refractivity contribution is 6.02. The van der Waals surface area contributed by atoms with Crippen LogP contribution in [0.5, 0.6) is 17.2 Å². The van der Waals surface area contributed by atoms with Gasteiger partial charge >= 0.3 is 0 Å². The Bertz CT molecular complexity index is 1100. The number of aromatic hydroxyl groups is 3. The number of para-hydroxylation sites is 1. The van der Waals surface area contributed by atoms with E-state index in [4.69, 9.17) is 0 Å². The summed E-state index contributed by atoms with van der Waals surface area (Å²) in [4.78, 5) is 0. The summed E-state index contributed by atoms with van der Waals surface area (Å²) in [5.74, 6) is -2.49. The van der Waals surface area contributed by atoms with Gasteiger partial charge in [0.15, 0.2) is 23.1 Å². The predicted molar refractivity (Wildman–Crippen MR) is 103 cm³/mol. The Morgan fingerprint density at radius 3 is 2.25 bits per heavy atom. The zero-order valence-electron chi connectivity index (χ0n) is 14.9. The van der Waals surface area contributed by atoms with Gasteiger partial charge in [-0.2, -0.15) is 0 Å². The van der Waals surface area contributed by atoms with Crippen molar-refractivity contribution >= 4 is 11.1 Å². The first-order chi connectivity index (χ1) is 13.5. The van der Waals surface area contributed by atoms with Gasteiger partial charge in [0.2, 0.25) is 0 Å². The van der Waals surface area contributed by atoms with Crippen LogP contribution < -0.4 is 0 Å². The maximum atomic E-state index is 14.3. The van der Waals surface area contributed by atoms with Crippen molar-refractivity contribution in [3.8, 4) is 17.2 Å². The van der Waals surface area contributed by atoms with E-state index in [0.717, 1.165) is 11.6 Å². The van der Waals surface area contributed by atoms with Gasteiger partial charge in [-0.15, -0.1) is 0 Å². The fraction of sp³-hybridized carbons (Fsp3) is 0.130. The van der Waals surface area contributed by atoms with Crippen molar-refractivity contribution in [3.63, 3.8) is 0 Å². The van der Waals surface area contributed by atoms with Crippen LogP contribution in [-0.4, -0.2) is 15.3 Å². The van der Waals surface area contributed by atoms with Crippen molar-refractivity contribution < 1.29 is 24.1 Å². The summed E-state index contributed by atoms with van der Waals surface area (Å²) in [5.41, 5.74) is 3.24. The van der Waals surface area contributed by atoms with Crippen LogP contribution in [0.25, 0.3) is 11.1 Å². The van der Waals surface area contributed by atoms with E-state index in [0.29, 0.717) is 47.1 Å². The van der Waals surface area contributed by atoms with Crippen LogP contribution in [0.2, 0.25) is 0 Å². The molecule has 0 fully saturated rings. The molecule has 1 aliphatic carbocycles. The average Bonchev–Trinajstić information content (AvgIpc) is 2.87. The Kier molecular flexibility index (Phi) is 4.51. The number of hydrogen-bond donors (Lipinski definition) is 3. The first-order valence-electron chi connectivity index (χ1n) is 8.98. The summed E-state index contributed by atoms with van der Waals surface area (Å²) in [7, 11) is 0. The van der Waals surface area contributed by atoms with Crippen LogP contribution >= 0.6 is 0 Å². The molecular weight excluding hydrogens is 362 g/mol. The molecule has 0 amide bonds. The summed E-state index contributed by atoms with van der Waals surface area (Å²) in [6.07, 6.45) is 1.87. The third kappa shape index (κ3) is 2.99. The van der Waals surface area contributed by atoms with Crippen molar-refractivity contribution in [2.75, 3.05) is 0 Å². The van der Waals surface area contributed by atoms with Crippen molar-refractivity contribution in [3.05, 3.63) is 88.5 Å². The minimum absolute atomic E-state index is 0.0159. The highest BCUT2D eigenvalue weighted by Gasteiger charge is 2.26. The second-order valence-corrected chi connectivity index (χ2v) is 6.82. The molecule has 0 saturated heterocycles. The molecule has 5 heteroatoms. The Morgan fingerprint density at radius 1 is 0.750 bits per heavy atom. The van der Waals surface area contributed by atoms with E-state index in [-0.39, 0.29) is 5.75 Å². The van der Waals surface area contributed by atoms with Crippen LogP contribution in [0.4, 0.5) is 8.78 Å². The summed E-state index contributed by atoms with van der Waals surface area (Å²) >= 11 is 0. The summed E-state index contributed by atoms with van der Waals surface area (Å²) < 4.78 is 27.8. The molecule has 0 aliphatic heterocycles. The second-order valence-electron chi connectivity index (χ2n) is 6.82. The number of halogens is 2. The number of allylic oxidation sites excluding steroid dienone is 1. The average molecular weight is 380 g/mol. The highest BCUT2D eigenvalue weighted by atomic mass is 19.1. The molecule has 142 valence electrons. The zero-order valence-corrected chi connectivity index (χ0v) is 14.9. The number of aryl methyl sites for hydroxylation is 1. The maximum absolute atomic E-state index is 14.3. The number of phenolic OH excluding ortho intramolecular Hbond substituents is 3. The molecule has 0 unspecified atom stereocenters. The second kappa shape index (κ2) is 7.00. The molecule has 0 heterocycles. The monoisotopic (exact) mass is 380 g/mol. The molecular formula is C23H18F2O3. The number of hydrogen-bond acceptors (Lipinski definition) is 3. The highest BCUT2D eigenvalue weighted by Crippen LogP contribution is 2.46. The SMILES string of the molecule is Oc1cc(C2=C(c3ccccc3O)c3c(ccc(F)c3O)CCC2)ccc1F. The van der Waals surface area contributed by atoms with Crippen molar-refractivity contribution in [1.29, 1.82) is 0 Å². The first kappa shape index (κ1) is 18.0. The zero-order chi connectivity index (χ0) is 19.8. The Balaban J connectivity index is 2.11. The molecule has 0 aromatic heterocycles. The molecule has 0 saturated carbocycles. The van der Waals surface area contributed by atoms with E-state index < -0.39 is 23.1 Å². The van der Waals surface area contributed by atoms with Gasteiger partial charge in [-0.1, -0.05) is 30.3 Å². The topological polar surface area (TPSA) is 60.7 Å². The molecule has 3 aromatic rings. The van der Waals surface area contributed by atoms with E-state index in [1.54, 1.807) is 24.3 Å². The van der Waals surface area contributed by atoms with Gasteiger partial charge in [-0.3, -0.25) is 0 Å². The van der Waals surface area contributed by atoms with Gasteiger partial charge in [-0.25, -0.2) is 8.78 Å². The van der Waals surface area contributed by atoms with Crippen LogP contribution in [-0.2, 0) is 6.42 Å². The fourth-order valence-electron chi connectivity index (χ4n) is 3.80. The molecule has 0 spiro atoms. The van der Waals surface area contributed by atoms with E-state index in [1.807, 2.05) is 0 Å². The third-order valence-electron chi connectivity index (χ3n) is 5.11. The summed E-state index contributed by atoms with van der Waals surface area (Å²) in [6.45, 7) is 0. The van der Waals surface area contributed by atoms with Gasteiger partial charge < -0.3 is 15.3 Å². The largest absolute Gasteiger partial charge is 0.507 e. The van der Waals surface area contributed by atoms with Crippen LogP contribution in [0, 0.1) is 11.6 Å². The molecule has 0 radical (unpaired) electrons. The molecule has 0 bridgehead atoms. The van der Waals surface area contributed by atoms with Crippen LogP contribution in [0.1, 0.15) is 35.1 Å².